The van der Waals surface area contributed by atoms with Crippen LogP contribution in [0.4, 0.5) is 5.95 Å². The van der Waals surface area contributed by atoms with Crippen molar-refractivity contribution in [2.75, 3.05) is 5.32 Å². The van der Waals surface area contributed by atoms with E-state index in [2.05, 4.69) is 33.5 Å². The van der Waals surface area contributed by atoms with Gasteiger partial charge >= 0.3 is 0 Å². The number of hydrogen-bond donors (Lipinski definition) is 1. The summed E-state index contributed by atoms with van der Waals surface area (Å²) in [5, 5.41) is 11.5. The largest absolute Gasteiger partial charge is 0.293 e. The number of carbonyl (C=O) groups excluding carboxylic acids is 1. The second-order valence-electron chi connectivity index (χ2n) is 5.41. The predicted octanol–water partition coefficient (Wildman–Crippen LogP) is 2.51. The number of hydrogen-bond acceptors (Lipinski definition) is 4. The molecule has 0 aliphatic rings. The molecule has 3 aromatic rings. The summed E-state index contributed by atoms with van der Waals surface area (Å²) in [6.45, 7) is 3.11. The summed E-state index contributed by atoms with van der Waals surface area (Å²) >= 11 is 5.78. The van der Waals surface area contributed by atoms with Crippen molar-refractivity contribution >= 4 is 23.5 Å². The fraction of sp³-hybridized carbons (Fsp3) is 0.250. The van der Waals surface area contributed by atoms with Gasteiger partial charge in [-0.25, -0.2) is 9.67 Å². The lowest BCUT2D eigenvalue weighted by Crippen LogP contribution is -2.16. The zero-order valence-corrected chi connectivity index (χ0v) is 13.9. The molecule has 0 fully saturated rings. The number of amides is 1. The van der Waals surface area contributed by atoms with Crippen molar-refractivity contribution in [3.8, 4) is 0 Å². The number of benzene rings is 1. The van der Waals surface area contributed by atoms with Gasteiger partial charge in [0.15, 0.2) is 0 Å². The van der Waals surface area contributed by atoms with E-state index in [-0.39, 0.29) is 12.3 Å². The predicted molar refractivity (Wildman–Crippen MR) is 90.8 cm³/mol. The van der Waals surface area contributed by atoms with Gasteiger partial charge in [0.1, 0.15) is 6.33 Å². The van der Waals surface area contributed by atoms with Crippen LogP contribution < -0.4 is 5.32 Å². The number of carbonyl (C=O) groups is 1. The first-order valence-corrected chi connectivity index (χ1v) is 7.90. The van der Waals surface area contributed by atoms with E-state index >= 15 is 0 Å². The fourth-order valence-electron chi connectivity index (χ4n) is 2.25. The minimum absolute atomic E-state index is 0.171. The number of aryl methyl sites for hydroxylation is 2. The van der Waals surface area contributed by atoms with E-state index in [9.17, 15) is 4.79 Å². The second kappa shape index (κ2) is 7.27. The number of halogens is 1. The molecule has 24 heavy (non-hydrogen) atoms. The van der Waals surface area contributed by atoms with Crippen molar-refractivity contribution in [3.05, 3.63) is 59.1 Å². The zero-order valence-electron chi connectivity index (χ0n) is 13.2. The van der Waals surface area contributed by atoms with E-state index in [1.165, 1.54) is 11.8 Å². The number of aromatic nitrogens is 5. The normalized spacial score (nSPS) is 10.8. The number of rotatable bonds is 6. The molecule has 1 amide bonds. The van der Waals surface area contributed by atoms with Crippen molar-refractivity contribution in [1.82, 2.24) is 24.5 Å². The van der Waals surface area contributed by atoms with Crippen LogP contribution in [0.2, 0.25) is 5.02 Å². The average Bonchev–Trinajstić information content (AvgIpc) is 3.17. The van der Waals surface area contributed by atoms with Crippen molar-refractivity contribution in [2.24, 2.45) is 0 Å². The Morgan fingerprint density at radius 3 is 2.88 bits per heavy atom. The number of anilines is 1. The monoisotopic (exact) mass is 344 g/mol. The molecule has 1 aromatic carbocycles. The molecule has 0 atom stereocenters. The highest BCUT2D eigenvalue weighted by Crippen LogP contribution is 2.09. The van der Waals surface area contributed by atoms with Gasteiger partial charge in [0, 0.05) is 19.2 Å². The molecule has 2 aromatic heterocycles. The first-order valence-electron chi connectivity index (χ1n) is 7.52. The van der Waals surface area contributed by atoms with E-state index in [0.29, 0.717) is 24.1 Å². The maximum Gasteiger partial charge on any atom is 0.248 e. The first-order chi connectivity index (χ1) is 11.6. The van der Waals surface area contributed by atoms with Crippen LogP contribution in [0.25, 0.3) is 0 Å². The molecule has 0 aliphatic heterocycles. The van der Waals surface area contributed by atoms with Crippen LogP contribution in [0.3, 0.4) is 0 Å². The molecule has 2 heterocycles. The van der Waals surface area contributed by atoms with Crippen LogP contribution in [0.5, 0.6) is 0 Å². The summed E-state index contributed by atoms with van der Waals surface area (Å²) in [4.78, 5) is 16.1. The van der Waals surface area contributed by atoms with Gasteiger partial charge in [-0.1, -0.05) is 35.9 Å². The molecule has 1 N–H and O–H groups in total. The van der Waals surface area contributed by atoms with E-state index in [1.54, 1.807) is 21.9 Å². The van der Waals surface area contributed by atoms with Crippen molar-refractivity contribution in [2.45, 2.75) is 26.4 Å². The van der Waals surface area contributed by atoms with Gasteiger partial charge in [-0.15, -0.1) is 5.10 Å². The lowest BCUT2D eigenvalue weighted by atomic mass is 10.1. The molecule has 3 rings (SSSR count). The van der Waals surface area contributed by atoms with Gasteiger partial charge in [-0.3, -0.25) is 14.8 Å². The molecule has 0 unspecified atom stereocenters. The average molecular weight is 345 g/mol. The molecule has 124 valence electrons. The molecule has 8 heteroatoms. The molecule has 0 saturated heterocycles. The number of nitrogens with zero attached hydrogens (tertiary/aromatic N) is 5. The topological polar surface area (TPSA) is 77.6 Å². The molecule has 7 nitrogen and oxygen atoms in total. The Bertz CT molecular complexity index is 840. The smallest absolute Gasteiger partial charge is 0.248 e. The standard InChI is InChI=1S/C16H17ClN6O/c1-12-4-2-3-5-13(12)9-23-11-18-16(21-23)20-15(24)6-7-22-10-14(17)8-19-22/h2-5,8,10-11H,6-7,9H2,1H3,(H,20,21,24). The second-order valence-corrected chi connectivity index (χ2v) is 5.85. The van der Waals surface area contributed by atoms with Gasteiger partial charge in [-0.05, 0) is 18.1 Å². The summed E-state index contributed by atoms with van der Waals surface area (Å²) in [6, 6.07) is 8.09. The van der Waals surface area contributed by atoms with Gasteiger partial charge in [0.2, 0.25) is 11.9 Å². The summed E-state index contributed by atoms with van der Waals surface area (Å²) in [5.41, 5.74) is 2.35. The highest BCUT2D eigenvalue weighted by atomic mass is 35.5. The summed E-state index contributed by atoms with van der Waals surface area (Å²) in [5.74, 6) is 0.127. The van der Waals surface area contributed by atoms with Crippen molar-refractivity contribution in [3.63, 3.8) is 0 Å². The van der Waals surface area contributed by atoms with Gasteiger partial charge in [-0.2, -0.15) is 5.10 Å². The third-order valence-corrected chi connectivity index (χ3v) is 3.75. The lowest BCUT2D eigenvalue weighted by molar-refractivity contribution is -0.116. The molecule has 0 saturated carbocycles. The lowest BCUT2D eigenvalue weighted by Gasteiger charge is -2.04. The molecule has 0 bridgehead atoms. The Hall–Kier alpha value is -2.67. The Balaban J connectivity index is 1.53. The Morgan fingerprint density at radius 2 is 2.12 bits per heavy atom. The molecule has 0 aliphatic carbocycles. The maximum absolute atomic E-state index is 11.9. The van der Waals surface area contributed by atoms with Crippen LogP contribution in [-0.2, 0) is 17.9 Å². The Kier molecular flexibility index (Phi) is 4.90. The van der Waals surface area contributed by atoms with Crippen LogP contribution >= 0.6 is 11.6 Å². The summed E-state index contributed by atoms with van der Waals surface area (Å²) in [7, 11) is 0. The fourth-order valence-corrected chi connectivity index (χ4v) is 2.41. The van der Waals surface area contributed by atoms with Gasteiger partial charge in [0.05, 0.1) is 17.8 Å². The van der Waals surface area contributed by atoms with E-state index in [4.69, 9.17) is 11.6 Å². The molecule has 0 radical (unpaired) electrons. The van der Waals surface area contributed by atoms with Crippen molar-refractivity contribution < 1.29 is 4.79 Å². The summed E-state index contributed by atoms with van der Waals surface area (Å²) < 4.78 is 3.32. The van der Waals surface area contributed by atoms with Crippen LogP contribution in [0, 0.1) is 6.92 Å². The van der Waals surface area contributed by atoms with Crippen LogP contribution in [0.15, 0.2) is 43.0 Å². The van der Waals surface area contributed by atoms with Crippen molar-refractivity contribution in [1.29, 1.82) is 0 Å². The quantitative estimate of drug-likeness (QED) is 0.745. The summed E-state index contributed by atoms with van der Waals surface area (Å²) in [6.07, 6.45) is 5.08. The van der Waals surface area contributed by atoms with Crippen LogP contribution in [0.1, 0.15) is 17.5 Å². The molecular formula is C16H17ClN6O. The van der Waals surface area contributed by atoms with Gasteiger partial charge in [0.25, 0.3) is 0 Å². The Labute approximate surface area is 144 Å². The Morgan fingerprint density at radius 1 is 1.29 bits per heavy atom. The van der Waals surface area contributed by atoms with E-state index in [1.807, 2.05) is 18.2 Å². The van der Waals surface area contributed by atoms with E-state index in [0.717, 1.165) is 5.56 Å². The SMILES string of the molecule is Cc1ccccc1Cn1cnc(NC(=O)CCn2cc(Cl)cn2)n1. The minimum Gasteiger partial charge on any atom is -0.293 e. The molecular weight excluding hydrogens is 328 g/mol. The maximum atomic E-state index is 11.9. The first kappa shape index (κ1) is 16.2. The highest BCUT2D eigenvalue weighted by Gasteiger charge is 2.08. The third kappa shape index (κ3) is 4.20. The van der Waals surface area contributed by atoms with E-state index < -0.39 is 0 Å². The highest BCUT2D eigenvalue weighted by molar-refractivity contribution is 6.30. The number of nitrogens with one attached hydrogen (secondary N) is 1. The van der Waals surface area contributed by atoms with Crippen LogP contribution in [-0.4, -0.2) is 30.5 Å². The zero-order chi connectivity index (χ0) is 16.9. The minimum atomic E-state index is -0.171. The molecule has 0 spiro atoms. The van der Waals surface area contributed by atoms with Gasteiger partial charge < -0.3 is 0 Å². The third-order valence-electron chi connectivity index (χ3n) is 3.55.